The summed E-state index contributed by atoms with van der Waals surface area (Å²) < 4.78 is 0. The van der Waals surface area contributed by atoms with Crippen LogP contribution in [-0.2, 0) is 9.59 Å². The van der Waals surface area contributed by atoms with E-state index in [0.29, 0.717) is 0 Å². The van der Waals surface area contributed by atoms with Crippen LogP contribution in [0, 0.1) is 5.92 Å². The van der Waals surface area contributed by atoms with Crippen LogP contribution in [0.3, 0.4) is 0 Å². The molecule has 0 aromatic heterocycles. The topological polar surface area (TPSA) is 119 Å². The average molecular weight is 377 g/mol. The van der Waals surface area contributed by atoms with E-state index in [-0.39, 0.29) is 53.1 Å². The van der Waals surface area contributed by atoms with Crippen LogP contribution in [0.25, 0.3) is 0 Å². The molecule has 0 fully saturated rings. The minimum Gasteiger partial charge on any atom is -0.505 e. The van der Waals surface area contributed by atoms with Crippen molar-refractivity contribution in [2.45, 2.75) is 26.8 Å². The maximum absolute atomic E-state index is 12.1. The van der Waals surface area contributed by atoms with Crippen molar-refractivity contribution in [3.8, 4) is 5.75 Å². The molecule has 0 aliphatic heterocycles. The zero-order valence-corrected chi connectivity index (χ0v) is 16.2. The second-order valence-electron chi connectivity index (χ2n) is 6.69. The molecule has 0 saturated carbocycles. The Morgan fingerprint density at radius 2 is 1.89 bits per heavy atom. The number of ketones is 1. The molecule has 0 aliphatic rings. The van der Waals surface area contributed by atoms with Crippen molar-refractivity contribution in [2.24, 2.45) is 5.92 Å². The van der Waals surface area contributed by atoms with Gasteiger partial charge in [0.05, 0.1) is 23.9 Å². The van der Waals surface area contributed by atoms with E-state index in [1.165, 1.54) is 11.0 Å². The number of rotatable bonds is 9. The van der Waals surface area contributed by atoms with Gasteiger partial charge in [-0.05, 0) is 25.0 Å². The largest absolute Gasteiger partial charge is 0.505 e. The number of aliphatic hydroxyl groups is 1. The number of carbonyl (C=O) groups is 3. The van der Waals surface area contributed by atoms with Gasteiger partial charge in [-0.3, -0.25) is 14.4 Å². The van der Waals surface area contributed by atoms with Crippen LogP contribution in [0.5, 0.6) is 5.75 Å². The predicted octanol–water partition coefficient (Wildman–Crippen LogP) is 1.11. The smallest absolute Gasteiger partial charge is 0.257 e. The molecule has 0 bridgehead atoms. The van der Waals surface area contributed by atoms with E-state index in [2.05, 4.69) is 10.6 Å². The van der Waals surface area contributed by atoms with E-state index in [4.69, 9.17) is 0 Å². The van der Waals surface area contributed by atoms with Gasteiger partial charge in [-0.25, -0.2) is 0 Å². The number of allylic oxidation sites excluding steroid dienone is 2. The molecule has 8 nitrogen and oxygen atoms in total. The number of nitrogens with one attached hydrogen (secondary N) is 2. The van der Waals surface area contributed by atoms with Crippen LogP contribution in [0.15, 0.2) is 29.6 Å². The zero-order chi connectivity index (χ0) is 20.7. The summed E-state index contributed by atoms with van der Waals surface area (Å²) in [6, 6.07) is 4.18. The molecule has 1 rings (SSSR count). The van der Waals surface area contributed by atoms with Crippen LogP contribution >= 0.6 is 0 Å². The number of anilines is 1. The van der Waals surface area contributed by atoms with Gasteiger partial charge in [0.25, 0.3) is 5.91 Å². The second kappa shape index (κ2) is 9.72. The summed E-state index contributed by atoms with van der Waals surface area (Å²) in [5.74, 6) is -1.43. The summed E-state index contributed by atoms with van der Waals surface area (Å²) in [4.78, 5) is 36.5. The van der Waals surface area contributed by atoms with E-state index in [1.54, 1.807) is 33.2 Å². The van der Waals surface area contributed by atoms with Gasteiger partial charge in [0.1, 0.15) is 5.70 Å². The van der Waals surface area contributed by atoms with Crippen LogP contribution in [0.4, 0.5) is 5.69 Å². The van der Waals surface area contributed by atoms with Crippen molar-refractivity contribution in [2.75, 3.05) is 26.0 Å². The first-order valence-electron chi connectivity index (χ1n) is 8.52. The Morgan fingerprint density at radius 3 is 2.37 bits per heavy atom. The number of phenols is 1. The lowest BCUT2D eigenvalue weighted by atomic mass is 10.0. The highest BCUT2D eigenvalue weighted by atomic mass is 16.3. The summed E-state index contributed by atoms with van der Waals surface area (Å²) in [6.07, 6.45) is 0.175. The number of nitrogens with zero attached hydrogens (tertiary/aromatic N) is 1. The number of Topliss-reactive ketones (excluding diaryl/α,β-unsaturated/α-hetero) is 1. The number of hydrogen-bond donors (Lipinski definition) is 4. The lowest BCUT2D eigenvalue weighted by molar-refractivity contribution is -0.127. The number of aliphatic hydroxyl groups excluding tert-OH is 1. The number of hydrogen-bond acceptors (Lipinski definition) is 7. The van der Waals surface area contributed by atoms with Gasteiger partial charge in [-0.15, -0.1) is 0 Å². The highest BCUT2D eigenvalue weighted by Crippen LogP contribution is 2.29. The molecule has 0 saturated heterocycles. The molecular weight excluding hydrogens is 350 g/mol. The molecule has 0 aliphatic carbocycles. The summed E-state index contributed by atoms with van der Waals surface area (Å²) >= 11 is 0. The van der Waals surface area contributed by atoms with Gasteiger partial charge in [-0.1, -0.05) is 19.9 Å². The molecule has 1 atom stereocenters. The first-order valence-corrected chi connectivity index (χ1v) is 8.52. The quantitative estimate of drug-likeness (QED) is 0.220. The van der Waals surface area contributed by atoms with E-state index < -0.39 is 11.8 Å². The maximum Gasteiger partial charge on any atom is 0.257 e. The average Bonchev–Trinajstić information content (AvgIpc) is 2.62. The Labute approximate surface area is 158 Å². The molecule has 4 N–H and O–H groups in total. The van der Waals surface area contributed by atoms with Gasteiger partial charge >= 0.3 is 0 Å². The van der Waals surface area contributed by atoms with Gasteiger partial charge in [-0.2, -0.15) is 0 Å². The molecular formula is C19H27N3O5. The fraction of sp³-hybridized carbons (Fsp3) is 0.421. The van der Waals surface area contributed by atoms with Crippen LogP contribution < -0.4 is 10.6 Å². The lowest BCUT2D eigenvalue weighted by Crippen LogP contribution is -2.40. The Balaban J connectivity index is 3.29. The van der Waals surface area contributed by atoms with Crippen LogP contribution in [0.2, 0.25) is 0 Å². The minimum absolute atomic E-state index is 0.00620. The molecule has 1 amide bonds. The third kappa shape index (κ3) is 5.55. The second-order valence-corrected chi connectivity index (χ2v) is 6.69. The zero-order valence-electron chi connectivity index (χ0n) is 16.2. The fourth-order valence-corrected chi connectivity index (χ4v) is 2.35. The van der Waals surface area contributed by atoms with E-state index >= 15 is 0 Å². The number of aromatic hydroxyl groups is 1. The van der Waals surface area contributed by atoms with Gasteiger partial charge in [0.2, 0.25) is 5.78 Å². The van der Waals surface area contributed by atoms with Gasteiger partial charge in [0, 0.05) is 19.8 Å². The van der Waals surface area contributed by atoms with E-state index in [0.717, 1.165) is 0 Å². The van der Waals surface area contributed by atoms with Crippen LogP contribution in [0.1, 0.15) is 31.1 Å². The molecule has 0 heterocycles. The molecule has 148 valence electrons. The first kappa shape index (κ1) is 22.2. The van der Waals surface area contributed by atoms with Crippen molar-refractivity contribution < 1.29 is 24.6 Å². The standard InChI is InChI=1S/C19H27N3O5/c1-11(2)15(9-23)21-17(16(25)10-24)12(3)20-14-8-6-7-13(18(14)26)19(27)22(4)5/h6-8,10-11,15,20-21,23,26H,9H2,1-5H3/b17-12-/t15-/m0/s1. The summed E-state index contributed by atoms with van der Waals surface area (Å²) in [6.45, 7) is 5.06. The van der Waals surface area contributed by atoms with Crippen molar-refractivity contribution in [3.05, 3.63) is 35.2 Å². The van der Waals surface area contributed by atoms with Gasteiger partial charge in [0.15, 0.2) is 12.0 Å². The number of carbonyl (C=O) groups excluding carboxylic acids is 3. The molecule has 0 radical (unpaired) electrons. The number of para-hydroxylation sites is 1. The van der Waals surface area contributed by atoms with Crippen molar-refractivity contribution in [1.82, 2.24) is 10.2 Å². The van der Waals surface area contributed by atoms with E-state index in [1.807, 2.05) is 13.8 Å². The lowest BCUT2D eigenvalue weighted by Gasteiger charge is -2.23. The maximum atomic E-state index is 12.1. The fourth-order valence-electron chi connectivity index (χ4n) is 2.35. The van der Waals surface area contributed by atoms with Crippen molar-refractivity contribution in [3.63, 3.8) is 0 Å². The molecule has 0 unspecified atom stereocenters. The molecule has 1 aromatic carbocycles. The van der Waals surface area contributed by atoms with Crippen molar-refractivity contribution in [1.29, 1.82) is 0 Å². The van der Waals surface area contributed by atoms with Crippen molar-refractivity contribution >= 4 is 23.7 Å². The number of benzene rings is 1. The highest BCUT2D eigenvalue weighted by molar-refractivity contribution is 6.33. The van der Waals surface area contributed by atoms with E-state index in [9.17, 15) is 24.6 Å². The van der Waals surface area contributed by atoms with Crippen LogP contribution in [-0.4, -0.2) is 59.8 Å². The number of amides is 1. The number of phenolic OH excluding ortho intramolecular Hbond substituents is 1. The SMILES string of the molecule is C/C(Nc1cccc(C(=O)N(C)C)c1O)=C(/N[C@@H](CO)C(C)C)C(=O)C=O. The Kier molecular flexibility index (Phi) is 7.99. The first-order chi connectivity index (χ1) is 12.6. The Morgan fingerprint density at radius 1 is 1.26 bits per heavy atom. The predicted molar refractivity (Wildman–Crippen MR) is 102 cm³/mol. The summed E-state index contributed by atoms with van der Waals surface area (Å²) in [5, 5.41) is 25.6. The third-order valence-corrected chi connectivity index (χ3v) is 4.05. The Bertz CT molecular complexity index is 741. The monoisotopic (exact) mass is 377 g/mol. The molecule has 0 spiro atoms. The number of aldehydes is 1. The molecule has 8 heteroatoms. The minimum atomic E-state index is -0.792. The summed E-state index contributed by atoms with van der Waals surface area (Å²) in [7, 11) is 3.14. The normalized spacial score (nSPS) is 12.9. The molecule has 1 aromatic rings. The third-order valence-electron chi connectivity index (χ3n) is 4.05. The molecule has 27 heavy (non-hydrogen) atoms. The Hall–Kier alpha value is -2.87. The summed E-state index contributed by atoms with van der Waals surface area (Å²) in [5.41, 5.74) is 0.574. The highest BCUT2D eigenvalue weighted by Gasteiger charge is 2.21. The van der Waals surface area contributed by atoms with Gasteiger partial charge < -0.3 is 25.7 Å².